The van der Waals surface area contributed by atoms with Crippen molar-refractivity contribution in [2.75, 3.05) is 31.8 Å². The summed E-state index contributed by atoms with van der Waals surface area (Å²) in [6, 6.07) is 8.21. The number of aliphatic hydroxyl groups is 2. The van der Waals surface area contributed by atoms with Gasteiger partial charge in [0.15, 0.2) is 0 Å². The molecule has 0 spiro atoms. The third-order valence-electron chi connectivity index (χ3n) is 2.75. The van der Waals surface area contributed by atoms with Crippen molar-refractivity contribution >= 4 is 11.8 Å². The number of rotatable bonds is 9. The van der Waals surface area contributed by atoms with E-state index in [1.165, 1.54) is 5.56 Å². The second kappa shape index (κ2) is 9.20. The van der Waals surface area contributed by atoms with Crippen molar-refractivity contribution in [2.45, 2.75) is 19.1 Å². The minimum Gasteiger partial charge on any atom is -0.497 e. The lowest BCUT2D eigenvalue weighted by atomic mass is 10.1. The van der Waals surface area contributed by atoms with Crippen LogP contribution in [0.4, 0.5) is 0 Å². The lowest BCUT2D eigenvalue weighted by Gasteiger charge is -2.19. The molecular weight excluding hydrogens is 262 g/mol. The van der Waals surface area contributed by atoms with Crippen LogP contribution in [0, 0.1) is 0 Å². The molecule has 0 bridgehead atoms. The number of methoxy groups -OCH3 is 1. The van der Waals surface area contributed by atoms with Crippen LogP contribution in [0.2, 0.25) is 0 Å². The summed E-state index contributed by atoms with van der Waals surface area (Å²) in [7, 11) is 1.66. The summed E-state index contributed by atoms with van der Waals surface area (Å²) in [5.74, 6) is 2.24. The maximum atomic E-state index is 9.34. The van der Waals surface area contributed by atoms with Gasteiger partial charge in [0.25, 0.3) is 0 Å². The standard InChI is InChI=1S/C14H23NO3S/c1-3-15-14(10-19-9-12(17)8-16)11-5-4-6-13(7-11)18-2/h4-7,12,14-17H,3,8-10H2,1-2H3. The fourth-order valence-corrected chi connectivity index (χ4v) is 2.81. The zero-order valence-electron chi connectivity index (χ0n) is 11.5. The summed E-state index contributed by atoms with van der Waals surface area (Å²) in [4.78, 5) is 0. The molecule has 0 aromatic heterocycles. The van der Waals surface area contributed by atoms with Gasteiger partial charge in [-0.3, -0.25) is 0 Å². The van der Waals surface area contributed by atoms with Gasteiger partial charge in [-0.05, 0) is 24.2 Å². The number of aliphatic hydroxyl groups excluding tert-OH is 2. The van der Waals surface area contributed by atoms with Gasteiger partial charge < -0.3 is 20.3 Å². The highest BCUT2D eigenvalue weighted by Gasteiger charge is 2.12. The van der Waals surface area contributed by atoms with E-state index in [1.807, 2.05) is 18.2 Å². The van der Waals surface area contributed by atoms with E-state index >= 15 is 0 Å². The molecule has 0 heterocycles. The van der Waals surface area contributed by atoms with Crippen molar-refractivity contribution in [3.8, 4) is 5.75 Å². The molecule has 0 fully saturated rings. The van der Waals surface area contributed by atoms with Crippen LogP contribution in [0.1, 0.15) is 18.5 Å². The molecule has 5 heteroatoms. The molecular formula is C14H23NO3S. The fourth-order valence-electron chi connectivity index (χ4n) is 1.75. The second-order valence-corrected chi connectivity index (χ2v) is 5.34. The molecule has 19 heavy (non-hydrogen) atoms. The summed E-state index contributed by atoms with van der Waals surface area (Å²) in [6.45, 7) is 2.77. The largest absolute Gasteiger partial charge is 0.497 e. The average molecular weight is 285 g/mol. The Labute approximate surface area is 119 Å². The van der Waals surface area contributed by atoms with E-state index in [0.717, 1.165) is 18.0 Å². The summed E-state index contributed by atoms with van der Waals surface area (Å²) >= 11 is 1.63. The SMILES string of the molecule is CCNC(CSCC(O)CO)c1cccc(OC)c1. The first-order valence-electron chi connectivity index (χ1n) is 6.45. The Morgan fingerprint density at radius 3 is 2.79 bits per heavy atom. The van der Waals surface area contributed by atoms with Gasteiger partial charge in [-0.25, -0.2) is 0 Å². The van der Waals surface area contributed by atoms with Crippen LogP contribution >= 0.6 is 11.8 Å². The highest BCUT2D eigenvalue weighted by Crippen LogP contribution is 2.22. The van der Waals surface area contributed by atoms with Crippen molar-refractivity contribution < 1.29 is 14.9 Å². The van der Waals surface area contributed by atoms with Crippen LogP contribution < -0.4 is 10.1 Å². The molecule has 0 aliphatic rings. The Morgan fingerprint density at radius 2 is 2.16 bits per heavy atom. The monoisotopic (exact) mass is 285 g/mol. The maximum Gasteiger partial charge on any atom is 0.119 e. The number of benzene rings is 1. The van der Waals surface area contributed by atoms with Crippen LogP contribution in [0.5, 0.6) is 5.75 Å². The van der Waals surface area contributed by atoms with E-state index in [0.29, 0.717) is 5.75 Å². The molecule has 0 amide bonds. The third kappa shape index (κ3) is 5.82. The first-order chi connectivity index (χ1) is 9.21. The Hall–Kier alpha value is -0.750. The Bertz CT molecular complexity index is 362. The molecule has 2 atom stereocenters. The van der Waals surface area contributed by atoms with Gasteiger partial charge >= 0.3 is 0 Å². The Kier molecular flexibility index (Phi) is 7.90. The van der Waals surface area contributed by atoms with Gasteiger partial charge in [0.1, 0.15) is 5.75 Å². The van der Waals surface area contributed by atoms with Gasteiger partial charge in [-0.15, -0.1) is 0 Å². The second-order valence-electron chi connectivity index (χ2n) is 4.26. The first-order valence-corrected chi connectivity index (χ1v) is 7.60. The summed E-state index contributed by atoms with van der Waals surface area (Å²) in [5, 5.41) is 21.6. The lowest BCUT2D eigenvalue weighted by molar-refractivity contribution is 0.113. The molecule has 0 aliphatic heterocycles. The molecule has 0 saturated heterocycles. The maximum absolute atomic E-state index is 9.34. The molecule has 1 rings (SSSR count). The molecule has 108 valence electrons. The van der Waals surface area contributed by atoms with Gasteiger partial charge in [-0.2, -0.15) is 11.8 Å². The van der Waals surface area contributed by atoms with Crippen LogP contribution in [0.15, 0.2) is 24.3 Å². The average Bonchev–Trinajstić information content (AvgIpc) is 2.46. The van der Waals surface area contributed by atoms with Crippen molar-refractivity contribution in [1.82, 2.24) is 5.32 Å². The van der Waals surface area contributed by atoms with Crippen LogP contribution in [-0.4, -0.2) is 48.1 Å². The van der Waals surface area contributed by atoms with E-state index < -0.39 is 6.10 Å². The number of hydrogen-bond donors (Lipinski definition) is 3. The predicted molar refractivity (Wildman–Crippen MR) is 79.8 cm³/mol. The molecule has 1 aromatic carbocycles. The normalized spacial score (nSPS) is 14.1. The molecule has 3 N–H and O–H groups in total. The zero-order chi connectivity index (χ0) is 14.1. The van der Waals surface area contributed by atoms with Crippen molar-refractivity contribution in [2.24, 2.45) is 0 Å². The minimum absolute atomic E-state index is 0.183. The quantitative estimate of drug-likeness (QED) is 0.641. The predicted octanol–water partition coefficient (Wildman–Crippen LogP) is 1.43. The van der Waals surface area contributed by atoms with Gasteiger partial charge in [0.05, 0.1) is 19.8 Å². The summed E-state index contributed by atoms with van der Waals surface area (Å²) in [5.41, 5.74) is 1.17. The van der Waals surface area contributed by atoms with E-state index in [-0.39, 0.29) is 12.6 Å². The highest BCUT2D eigenvalue weighted by atomic mass is 32.2. The topological polar surface area (TPSA) is 61.7 Å². The lowest BCUT2D eigenvalue weighted by Crippen LogP contribution is -2.24. The molecule has 2 unspecified atom stereocenters. The molecule has 4 nitrogen and oxygen atoms in total. The van der Waals surface area contributed by atoms with Gasteiger partial charge in [-0.1, -0.05) is 19.1 Å². The first kappa shape index (κ1) is 16.3. The van der Waals surface area contributed by atoms with Crippen molar-refractivity contribution in [1.29, 1.82) is 0 Å². The molecule has 1 aromatic rings. The van der Waals surface area contributed by atoms with Crippen molar-refractivity contribution in [3.63, 3.8) is 0 Å². The van der Waals surface area contributed by atoms with Crippen molar-refractivity contribution in [3.05, 3.63) is 29.8 Å². The van der Waals surface area contributed by atoms with E-state index in [9.17, 15) is 5.11 Å². The Morgan fingerprint density at radius 1 is 1.37 bits per heavy atom. The van der Waals surface area contributed by atoms with Gasteiger partial charge in [0, 0.05) is 17.5 Å². The zero-order valence-corrected chi connectivity index (χ0v) is 12.3. The third-order valence-corrected chi connectivity index (χ3v) is 3.94. The number of nitrogens with one attached hydrogen (secondary N) is 1. The minimum atomic E-state index is -0.641. The van der Waals surface area contributed by atoms with E-state index in [4.69, 9.17) is 9.84 Å². The highest BCUT2D eigenvalue weighted by molar-refractivity contribution is 7.99. The van der Waals surface area contributed by atoms with Crippen LogP contribution in [0.25, 0.3) is 0 Å². The van der Waals surface area contributed by atoms with E-state index in [1.54, 1.807) is 18.9 Å². The molecule has 0 saturated carbocycles. The fraction of sp³-hybridized carbons (Fsp3) is 0.571. The van der Waals surface area contributed by atoms with Gasteiger partial charge in [0.2, 0.25) is 0 Å². The Balaban J connectivity index is 2.60. The number of ether oxygens (including phenoxy) is 1. The number of thioether (sulfide) groups is 1. The van der Waals surface area contributed by atoms with Crippen LogP contribution in [-0.2, 0) is 0 Å². The molecule has 0 radical (unpaired) electrons. The number of hydrogen-bond acceptors (Lipinski definition) is 5. The molecule has 0 aliphatic carbocycles. The van der Waals surface area contributed by atoms with Crippen LogP contribution in [0.3, 0.4) is 0 Å². The summed E-state index contributed by atoms with van der Waals surface area (Å²) < 4.78 is 5.24. The van der Waals surface area contributed by atoms with E-state index in [2.05, 4.69) is 18.3 Å². The smallest absolute Gasteiger partial charge is 0.119 e. The summed E-state index contributed by atoms with van der Waals surface area (Å²) in [6.07, 6.45) is -0.641.